The van der Waals surface area contributed by atoms with Crippen molar-refractivity contribution in [1.29, 1.82) is 0 Å². The lowest BCUT2D eigenvalue weighted by molar-refractivity contribution is -0.144. The first kappa shape index (κ1) is 14.7. The summed E-state index contributed by atoms with van der Waals surface area (Å²) in [6, 6.07) is 0.0131. The average Bonchev–Trinajstić information content (AvgIpc) is 3.06. The van der Waals surface area contributed by atoms with E-state index in [0.29, 0.717) is 18.4 Å². The standard InChI is InChI=1S/C16H26N2O3/c19-15(20)14-7-2-1-4-11(14)8-17-16(21)18-9-12-5-3-6-13(12)10-18/h11-14H,1-10H2,(H,17,21)(H,19,20). The number of fused-ring (bicyclic) bond motifs is 1. The molecule has 0 aromatic heterocycles. The van der Waals surface area contributed by atoms with Crippen molar-refractivity contribution >= 4 is 12.0 Å². The predicted molar refractivity (Wildman–Crippen MR) is 78.9 cm³/mol. The molecule has 4 atom stereocenters. The van der Waals surface area contributed by atoms with Gasteiger partial charge >= 0.3 is 12.0 Å². The van der Waals surface area contributed by atoms with E-state index in [1.807, 2.05) is 4.90 Å². The van der Waals surface area contributed by atoms with E-state index in [1.54, 1.807) is 0 Å². The van der Waals surface area contributed by atoms with Crippen molar-refractivity contribution in [2.24, 2.45) is 23.7 Å². The fourth-order valence-electron chi connectivity index (χ4n) is 4.51. The van der Waals surface area contributed by atoms with Crippen molar-refractivity contribution in [2.45, 2.75) is 44.9 Å². The number of urea groups is 1. The van der Waals surface area contributed by atoms with Crippen LogP contribution in [0.2, 0.25) is 0 Å². The molecular weight excluding hydrogens is 268 g/mol. The van der Waals surface area contributed by atoms with Gasteiger partial charge in [-0.1, -0.05) is 19.3 Å². The summed E-state index contributed by atoms with van der Waals surface area (Å²) in [5.74, 6) is 0.526. The molecule has 4 unspecified atom stereocenters. The first-order valence-corrected chi connectivity index (χ1v) is 8.40. The van der Waals surface area contributed by atoms with Crippen LogP contribution in [0.15, 0.2) is 0 Å². The highest BCUT2D eigenvalue weighted by Gasteiger charge is 2.38. The molecule has 3 rings (SSSR count). The predicted octanol–water partition coefficient (Wildman–Crippen LogP) is 2.32. The number of nitrogens with zero attached hydrogens (tertiary/aromatic N) is 1. The van der Waals surface area contributed by atoms with Gasteiger partial charge in [-0.25, -0.2) is 4.79 Å². The largest absolute Gasteiger partial charge is 0.481 e. The molecule has 5 heteroatoms. The van der Waals surface area contributed by atoms with E-state index in [2.05, 4.69) is 5.32 Å². The molecule has 2 aliphatic carbocycles. The molecule has 2 saturated carbocycles. The summed E-state index contributed by atoms with van der Waals surface area (Å²) in [5.41, 5.74) is 0. The maximum Gasteiger partial charge on any atom is 0.317 e. The third kappa shape index (κ3) is 3.16. The van der Waals surface area contributed by atoms with Crippen LogP contribution in [-0.4, -0.2) is 41.6 Å². The molecule has 2 amide bonds. The summed E-state index contributed by atoms with van der Waals surface area (Å²) in [6.45, 7) is 2.30. The zero-order chi connectivity index (χ0) is 14.8. The summed E-state index contributed by atoms with van der Waals surface area (Å²) in [4.78, 5) is 25.5. The van der Waals surface area contributed by atoms with Crippen LogP contribution in [0.5, 0.6) is 0 Å². The molecule has 0 spiro atoms. The minimum absolute atomic E-state index is 0.0131. The van der Waals surface area contributed by atoms with Crippen LogP contribution >= 0.6 is 0 Å². The molecule has 3 fully saturated rings. The number of rotatable bonds is 3. The number of hydrogen-bond donors (Lipinski definition) is 2. The first-order valence-electron chi connectivity index (χ1n) is 8.40. The van der Waals surface area contributed by atoms with E-state index >= 15 is 0 Å². The smallest absolute Gasteiger partial charge is 0.317 e. The van der Waals surface area contributed by atoms with Crippen LogP contribution in [0.1, 0.15) is 44.9 Å². The molecule has 0 aromatic rings. The molecule has 2 N–H and O–H groups in total. The molecule has 0 aromatic carbocycles. The molecule has 0 radical (unpaired) electrons. The minimum Gasteiger partial charge on any atom is -0.481 e. The van der Waals surface area contributed by atoms with Gasteiger partial charge in [0, 0.05) is 19.6 Å². The number of nitrogens with one attached hydrogen (secondary N) is 1. The number of carbonyl (C=O) groups is 2. The van der Waals surface area contributed by atoms with Crippen molar-refractivity contribution in [2.75, 3.05) is 19.6 Å². The monoisotopic (exact) mass is 294 g/mol. The molecule has 1 saturated heterocycles. The summed E-state index contributed by atoms with van der Waals surface area (Å²) >= 11 is 0. The molecule has 5 nitrogen and oxygen atoms in total. The van der Waals surface area contributed by atoms with Gasteiger partial charge in [-0.2, -0.15) is 0 Å². The van der Waals surface area contributed by atoms with Crippen LogP contribution in [0.25, 0.3) is 0 Å². The van der Waals surface area contributed by atoms with E-state index in [-0.39, 0.29) is 17.9 Å². The van der Waals surface area contributed by atoms with Gasteiger partial charge in [0.15, 0.2) is 0 Å². The normalized spacial score (nSPS) is 35.5. The maximum absolute atomic E-state index is 12.3. The number of likely N-dealkylation sites (tertiary alicyclic amines) is 1. The SMILES string of the molecule is O=C(O)C1CCCCC1CNC(=O)N1CC2CCCC2C1. The van der Waals surface area contributed by atoms with Crippen LogP contribution in [0.3, 0.4) is 0 Å². The molecule has 1 aliphatic heterocycles. The van der Waals surface area contributed by atoms with Gasteiger partial charge in [0.25, 0.3) is 0 Å². The Morgan fingerprint density at radius 3 is 2.33 bits per heavy atom. The molecule has 3 aliphatic rings. The second-order valence-electron chi connectivity index (χ2n) is 7.03. The van der Waals surface area contributed by atoms with Crippen molar-refractivity contribution < 1.29 is 14.7 Å². The van der Waals surface area contributed by atoms with Gasteiger partial charge < -0.3 is 15.3 Å². The van der Waals surface area contributed by atoms with Crippen LogP contribution < -0.4 is 5.32 Å². The highest BCUT2D eigenvalue weighted by molar-refractivity contribution is 5.75. The highest BCUT2D eigenvalue weighted by Crippen LogP contribution is 2.37. The zero-order valence-corrected chi connectivity index (χ0v) is 12.6. The van der Waals surface area contributed by atoms with Gasteiger partial charge in [0.05, 0.1) is 5.92 Å². The van der Waals surface area contributed by atoms with Gasteiger partial charge in [-0.3, -0.25) is 4.79 Å². The second-order valence-corrected chi connectivity index (χ2v) is 7.03. The summed E-state index contributed by atoms with van der Waals surface area (Å²) in [5, 5.41) is 12.3. The zero-order valence-electron chi connectivity index (χ0n) is 12.6. The van der Waals surface area contributed by atoms with E-state index in [4.69, 9.17) is 0 Å². The molecule has 118 valence electrons. The van der Waals surface area contributed by atoms with Gasteiger partial charge in [-0.15, -0.1) is 0 Å². The Morgan fingerprint density at radius 2 is 1.67 bits per heavy atom. The summed E-state index contributed by atoms with van der Waals surface area (Å²) in [7, 11) is 0. The van der Waals surface area contributed by atoms with Crippen molar-refractivity contribution in [3.05, 3.63) is 0 Å². The van der Waals surface area contributed by atoms with Crippen molar-refractivity contribution in [3.8, 4) is 0 Å². The maximum atomic E-state index is 12.3. The number of carboxylic acid groups (broad SMARTS) is 1. The quantitative estimate of drug-likeness (QED) is 0.839. The Kier molecular flexibility index (Phi) is 4.36. The Balaban J connectivity index is 1.48. The molecular formula is C16H26N2O3. The van der Waals surface area contributed by atoms with E-state index in [0.717, 1.165) is 38.8 Å². The Morgan fingerprint density at radius 1 is 1.00 bits per heavy atom. The van der Waals surface area contributed by atoms with E-state index in [9.17, 15) is 14.7 Å². The second kappa shape index (κ2) is 6.24. The third-order valence-electron chi connectivity index (χ3n) is 5.76. The fourth-order valence-corrected chi connectivity index (χ4v) is 4.51. The number of hydrogen-bond acceptors (Lipinski definition) is 2. The highest BCUT2D eigenvalue weighted by atomic mass is 16.4. The molecule has 1 heterocycles. The lowest BCUT2D eigenvalue weighted by Crippen LogP contribution is -2.43. The number of aliphatic carboxylic acids is 1. The van der Waals surface area contributed by atoms with Crippen LogP contribution in [0, 0.1) is 23.7 Å². The van der Waals surface area contributed by atoms with Gasteiger partial charge in [-0.05, 0) is 43.4 Å². The van der Waals surface area contributed by atoms with Gasteiger partial charge in [0.2, 0.25) is 0 Å². The average molecular weight is 294 g/mol. The number of carbonyl (C=O) groups excluding carboxylic acids is 1. The van der Waals surface area contributed by atoms with Crippen molar-refractivity contribution in [3.63, 3.8) is 0 Å². The Labute approximate surface area is 126 Å². The lowest BCUT2D eigenvalue weighted by Gasteiger charge is -2.29. The number of carboxylic acids is 1. The molecule has 0 bridgehead atoms. The van der Waals surface area contributed by atoms with Crippen LogP contribution in [-0.2, 0) is 4.79 Å². The minimum atomic E-state index is -0.704. The summed E-state index contributed by atoms with van der Waals surface area (Å²) < 4.78 is 0. The molecule has 21 heavy (non-hydrogen) atoms. The van der Waals surface area contributed by atoms with E-state index < -0.39 is 5.97 Å². The lowest BCUT2D eigenvalue weighted by atomic mass is 9.79. The Hall–Kier alpha value is -1.26. The van der Waals surface area contributed by atoms with Crippen LogP contribution in [0.4, 0.5) is 4.79 Å². The van der Waals surface area contributed by atoms with Crippen molar-refractivity contribution in [1.82, 2.24) is 10.2 Å². The first-order chi connectivity index (χ1) is 10.1. The van der Waals surface area contributed by atoms with Gasteiger partial charge in [0.1, 0.15) is 0 Å². The number of amides is 2. The summed E-state index contributed by atoms with van der Waals surface area (Å²) in [6.07, 6.45) is 7.59. The Bertz CT molecular complexity index is 400. The van der Waals surface area contributed by atoms with E-state index in [1.165, 1.54) is 19.3 Å². The fraction of sp³-hybridized carbons (Fsp3) is 0.875. The third-order valence-corrected chi connectivity index (χ3v) is 5.76. The topological polar surface area (TPSA) is 69.6 Å².